The molecule has 0 saturated carbocycles. The molecule has 2 amide bonds. The standard InChI is InChI=1S/C6H13N3O/c1-2-4-8-6(10)9-5-3-7/h4H,2-3,5,7H2,1H3,(H,9,10). The first kappa shape index (κ1) is 9.10. The summed E-state index contributed by atoms with van der Waals surface area (Å²) in [5.41, 5.74) is 5.14. The number of hydrogen-bond acceptors (Lipinski definition) is 2. The summed E-state index contributed by atoms with van der Waals surface area (Å²) >= 11 is 0. The Labute approximate surface area is 60.5 Å². The quantitative estimate of drug-likeness (QED) is 0.551. The minimum Gasteiger partial charge on any atom is -0.335 e. The van der Waals surface area contributed by atoms with Crippen LogP contribution < -0.4 is 11.1 Å². The predicted molar refractivity (Wildman–Crippen MR) is 41.2 cm³/mol. The Hall–Kier alpha value is -0.900. The highest BCUT2D eigenvalue weighted by molar-refractivity contribution is 5.83. The summed E-state index contributed by atoms with van der Waals surface area (Å²) in [7, 11) is 0. The number of carbonyl (C=O) groups excluding carboxylic acids is 1. The molecular formula is C6H13N3O. The van der Waals surface area contributed by atoms with E-state index in [9.17, 15) is 4.79 Å². The van der Waals surface area contributed by atoms with E-state index in [1.165, 1.54) is 0 Å². The van der Waals surface area contributed by atoms with Crippen LogP contribution in [0.15, 0.2) is 4.99 Å². The van der Waals surface area contributed by atoms with Gasteiger partial charge >= 0.3 is 6.03 Å². The van der Waals surface area contributed by atoms with Crippen LogP contribution in [0, 0.1) is 0 Å². The van der Waals surface area contributed by atoms with E-state index in [0.717, 1.165) is 6.42 Å². The molecule has 0 heterocycles. The van der Waals surface area contributed by atoms with Crippen molar-refractivity contribution in [2.45, 2.75) is 13.3 Å². The Kier molecular flexibility index (Phi) is 5.66. The maximum absolute atomic E-state index is 10.6. The van der Waals surface area contributed by atoms with Crippen molar-refractivity contribution < 1.29 is 4.79 Å². The summed E-state index contributed by atoms with van der Waals surface area (Å²) in [6, 6.07) is -0.313. The van der Waals surface area contributed by atoms with Crippen molar-refractivity contribution in [3.05, 3.63) is 0 Å². The third kappa shape index (κ3) is 5.24. The fourth-order valence-electron chi connectivity index (χ4n) is 0.399. The van der Waals surface area contributed by atoms with E-state index < -0.39 is 0 Å². The predicted octanol–water partition coefficient (Wildman–Crippen LogP) is 0.136. The van der Waals surface area contributed by atoms with Gasteiger partial charge in [-0.1, -0.05) is 6.92 Å². The monoisotopic (exact) mass is 143 g/mol. The molecule has 0 saturated heterocycles. The zero-order valence-corrected chi connectivity index (χ0v) is 6.13. The van der Waals surface area contributed by atoms with Gasteiger partial charge in [0.1, 0.15) is 0 Å². The second kappa shape index (κ2) is 6.22. The zero-order chi connectivity index (χ0) is 7.82. The molecular weight excluding hydrogens is 130 g/mol. The highest BCUT2D eigenvalue weighted by atomic mass is 16.2. The fourth-order valence-corrected chi connectivity index (χ4v) is 0.399. The Balaban J connectivity index is 3.34. The van der Waals surface area contributed by atoms with E-state index in [1.54, 1.807) is 6.21 Å². The van der Waals surface area contributed by atoms with Gasteiger partial charge in [0.15, 0.2) is 0 Å². The molecule has 4 nitrogen and oxygen atoms in total. The minimum absolute atomic E-state index is 0.313. The van der Waals surface area contributed by atoms with Crippen LogP contribution in [-0.4, -0.2) is 25.3 Å². The van der Waals surface area contributed by atoms with Crippen LogP contribution in [0.1, 0.15) is 13.3 Å². The van der Waals surface area contributed by atoms with Crippen LogP contribution in [-0.2, 0) is 0 Å². The lowest BCUT2D eigenvalue weighted by Gasteiger charge is -1.95. The molecule has 0 aliphatic carbocycles. The molecule has 0 unspecified atom stereocenters. The van der Waals surface area contributed by atoms with E-state index in [-0.39, 0.29) is 6.03 Å². The van der Waals surface area contributed by atoms with E-state index in [1.807, 2.05) is 6.92 Å². The molecule has 4 heteroatoms. The molecule has 58 valence electrons. The number of urea groups is 1. The van der Waals surface area contributed by atoms with Crippen LogP contribution in [0.2, 0.25) is 0 Å². The molecule has 10 heavy (non-hydrogen) atoms. The normalized spacial score (nSPS) is 10.2. The Bertz CT molecular complexity index is 122. The summed E-state index contributed by atoms with van der Waals surface area (Å²) in [6.45, 7) is 2.85. The molecule has 0 spiro atoms. The summed E-state index contributed by atoms with van der Waals surface area (Å²) < 4.78 is 0. The molecule has 0 radical (unpaired) electrons. The third-order valence-corrected chi connectivity index (χ3v) is 0.812. The Morgan fingerprint density at radius 2 is 2.50 bits per heavy atom. The van der Waals surface area contributed by atoms with Gasteiger partial charge in [-0.2, -0.15) is 0 Å². The first-order chi connectivity index (χ1) is 4.81. The Morgan fingerprint density at radius 1 is 1.80 bits per heavy atom. The summed E-state index contributed by atoms with van der Waals surface area (Å²) in [4.78, 5) is 14.1. The van der Waals surface area contributed by atoms with Crippen LogP contribution in [0.4, 0.5) is 4.79 Å². The fraction of sp³-hybridized carbons (Fsp3) is 0.667. The topological polar surface area (TPSA) is 67.5 Å². The maximum Gasteiger partial charge on any atom is 0.340 e. The Morgan fingerprint density at radius 3 is 3.00 bits per heavy atom. The molecule has 0 rings (SSSR count). The molecule has 0 aromatic rings. The van der Waals surface area contributed by atoms with Crippen LogP contribution in [0.25, 0.3) is 0 Å². The van der Waals surface area contributed by atoms with Crippen LogP contribution in [0.3, 0.4) is 0 Å². The van der Waals surface area contributed by atoms with Gasteiger partial charge in [0, 0.05) is 19.3 Å². The number of rotatable bonds is 3. The molecule has 3 N–H and O–H groups in total. The van der Waals surface area contributed by atoms with Gasteiger partial charge in [-0.05, 0) is 6.42 Å². The number of hydrogen-bond donors (Lipinski definition) is 2. The smallest absolute Gasteiger partial charge is 0.335 e. The van der Waals surface area contributed by atoms with Gasteiger partial charge in [0.25, 0.3) is 0 Å². The van der Waals surface area contributed by atoms with E-state index in [4.69, 9.17) is 5.73 Å². The molecule has 0 atom stereocenters. The third-order valence-electron chi connectivity index (χ3n) is 0.812. The van der Waals surface area contributed by atoms with Crippen LogP contribution >= 0.6 is 0 Å². The van der Waals surface area contributed by atoms with Crippen molar-refractivity contribution >= 4 is 12.2 Å². The van der Waals surface area contributed by atoms with Gasteiger partial charge < -0.3 is 11.1 Å². The number of nitrogens with two attached hydrogens (primary N) is 1. The van der Waals surface area contributed by atoms with Gasteiger partial charge in [-0.3, -0.25) is 0 Å². The van der Waals surface area contributed by atoms with Crippen molar-refractivity contribution in [2.24, 2.45) is 10.7 Å². The number of aliphatic imine (C=N–C) groups is 1. The summed E-state index contributed by atoms with van der Waals surface area (Å²) in [6.07, 6.45) is 2.34. The summed E-state index contributed by atoms with van der Waals surface area (Å²) in [5, 5.41) is 2.51. The van der Waals surface area contributed by atoms with Crippen molar-refractivity contribution in [3.8, 4) is 0 Å². The SMILES string of the molecule is CCC=NC(=O)NCCN. The number of nitrogens with one attached hydrogen (secondary N) is 1. The number of amides is 2. The average molecular weight is 143 g/mol. The molecule has 0 bridgehead atoms. The maximum atomic E-state index is 10.6. The molecule has 0 aromatic heterocycles. The van der Waals surface area contributed by atoms with Gasteiger partial charge in [0.2, 0.25) is 0 Å². The molecule has 0 aliphatic rings. The number of carbonyl (C=O) groups is 1. The molecule has 0 aromatic carbocycles. The average Bonchev–Trinajstić information content (AvgIpc) is 1.97. The van der Waals surface area contributed by atoms with Crippen molar-refractivity contribution in [3.63, 3.8) is 0 Å². The second-order valence-corrected chi connectivity index (χ2v) is 1.74. The van der Waals surface area contributed by atoms with E-state index in [0.29, 0.717) is 13.1 Å². The number of nitrogens with zero attached hydrogens (tertiary/aromatic N) is 1. The highest BCUT2D eigenvalue weighted by Gasteiger charge is 1.90. The van der Waals surface area contributed by atoms with Crippen LogP contribution in [0.5, 0.6) is 0 Å². The lowest BCUT2D eigenvalue weighted by Crippen LogP contribution is -2.26. The first-order valence-electron chi connectivity index (χ1n) is 3.31. The van der Waals surface area contributed by atoms with E-state index in [2.05, 4.69) is 10.3 Å². The first-order valence-corrected chi connectivity index (χ1v) is 3.31. The van der Waals surface area contributed by atoms with Gasteiger partial charge in [0.05, 0.1) is 0 Å². The van der Waals surface area contributed by atoms with Crippen molar-refractivity contribution in [1.29, 1.82) is 0 Å². The van der Waals surface area contributed by atoms with Crippen molar-refractivity contribution in [2.75, 3.05) is 13.1 Å². The zero-order valence-electron chi connectivity index (χ0n) is 6.13. The second-order valence-electron chi connectivity index (χ2n) is 1.74. The lowest BCUT2D eigenvalue weighted by molar-refractivity contribution is 0.249. The minimum atomic E-state index is -0.313. The van der Waals surface area contributed by atoms with E-state index >= 15 is 0 Å². The van der Waals surface area contributed by atoms with Crippen molar-refractivity contribution in [1.82, 2.24) is 5.32 Å². The highest BCUT2D eigenvalue weighted by Crippen LogP contribution is 1.73. The summed E-state index contributed by atoms with van der Waals surface area (Å²) in [5.74, 6) is 0. The largest absolute Gasteiger partial charge is 0.340 e. The lowest BCUT2D eigenvalue weighted by atomic mass is 10.5. The molecule has 0 aliphatic heterocycles. The molecule has 0 fully saturated rings. The van der Waals surface area contributed by atoms with Gasteiger partial charge in [-0.25, -0.2) is 9.79 Å². The van der Waals surface area contributed by atoms with Gasteiger partial charge in [-0.15, -0.1) is 0 Å².